The maximum Gasteiger partial charge on any atom is 0.364 e. The molecule has 0 saturated carbocycles. The molecule has 1 heterocycles. The molecule has 1 fully saturated rings. The first-order valence-electron chi connectivity index (χ1n) is 8.26. The van der Waals surface area contributed by atoms with E-state index < -0.39 is 66.4 Å². The fourth-order valence-electron chi connectivity index (χ4n) is 2.77. The highest BCUT2D eigenvalue weighted by molar-refractivity contribution is 8.32. The molecule has 1 aliphatic rings. The predicted octanol–water partition coefficient (Wildman–Crippen LogP) is -1.08. The highest BCUT2D eigenvalue weighted by Crippen LogP contribution is 2.41. The molecule has 0 aromatic heterocycles. The number of thioether (sulfide) groups is 1. The van der Waals surface area contributed by atoms with Gasteiger partial charge < -0.3 is 40.7 Å². The molecule has 29 heavy (non-hydrogen) atoms. The number of rotatable bonds is 8. The van der Waals surface area contributed by atoms with Crippen LogP contribution < -0.4 is 5.73 Å². The van der Waals surface area contributed by atoms with Crippen LogP contribution >= 0.6 is 36.0 Å². The second-order valence-corrected chi connectivity index (χ2v) is 8.41. The molecule has 1 saturated heterocycles. The van der Waals surface area contributed by atoms with Gasteiger partial charge in [0.2, 0.25) is 9.69 Å². The van der Waals surface area contributed by atoms with Gasteiger partial charge in [-0.3, -0.25) is 9.59 Å². The number of aliphatic hydroxyl groups is 4. The molecule has 7 N–H and O–H groups in total. The second kappa shape index (κ2) is 12.4. The topological polar surface area (TPSA) is 197 Å². The summed E-state index contributed by atoms with van der Waals surface area (Å²) in [5.41, 5.74) is 3.50. The molecular weight excluding hydrogens is 454 g/mol. The number of carboxylic acid groups (broad SMARTS) is 1. The smallest absolute Gasteiger partial charge is 0.364 e. The highest BCUT2D eigenvalue weighted by Gasteiger charge is 2.62. The van der Waals surface area contributed by atoms with Gasteiger partial charge in [-0.25, -0.2) is 4.79 Å². The monoisotopic (exact) mass is 479 g/mol. The Bertz CT molecular complexity index is 585. The summed E-state index contributed by atoms with van der Waals surface area (Å²) in [6.45, 7) is 0.984. The van der Waals surface area contributed by atoms with Gasteiger partial charge in [0.05, 0.1) is 25.2 Å². The van der Waals surface area contributed by atoms with Crippen LogP contribution in [0.15, 0.2) is 0 Å². The molecule has 170 valence electrons. The molecule has 1 rings (SSSR count). The van der Waals surface area contributed by atoms with Gasteiger partial charge in [0.25, 0.3) is 5.79 Å². The van der Waals surface area contributed by atoms with Crippen molar-refractivity contribution in [3.05, 3.63) is 0 Å². The van der Waals surface area contributed by atoms with Crippen LogP contribution in [0.3, 0.4) is 0 Å². The van der Waals surface area contributed by atoms with Crippen LogP contribution in [0.2, 0.25) is 0 Å². The number of thiol groups is 1. The van der Waals surface area contributed by atoms with Crippen LogP contribution in [0.4, 0.5) is 4.79 Å². The molecule has 0 radical (unpaired) electrons. The van der Waals surface area contributed by atoms with Crippen LogP contribution in [0.25, 0.3) is 0 Å². The summed E-state index contributed by atoms with van der Waals surface area (Å²) in [7, 11) is 0.986. The van der Waals surface area contributed by atoms with Gasteiger partial charge in [-0.1, -0.05) is 31.3 Å². The molecule has 0 aromatic rings. The van der Waals surface area contributed by atoms with Gasteiger partial charge in [0.15, 0.2) is 0 Å². The van der Waals surface area contributed by atoms with Crippen molar-refractivity contribution >= 4 is 51.7 Å². The van der Waals surface area contributed by atoms with Gasteiger partial charge >= 0.3 is 5.97 Å². The Labute approximate surface area is 181 Å². The third kappa shape index (κ3) is 7.31. The second-order valence-electron chi connectivity index (χ2n) is 6.04. The Morgan fingerprint density at radius 3 is 2.28 bits per heavy atom. The summed E-state index contributed by atoms with van der Waals surface area (Å²) in [4.78, 5) is 32.7. The Morgan fingerprint density at radius 1 is 1.41 bits per heavy atom. The minimum absolute atomic E-state index is 0.0995. The highest BCUT2D eigenvalue weighted by atomic mass is 35.5. The fourth-order valence-corrected chi connectivity index (χ4v) is 3.61. The Balaban J connectivity index is 0.00000113. The van der Waals surface area contributed by atoms with E-state index in [0.29, 0.717) is 0 Å². The molecule has 6 atom stereocenters. The van der Waals surface area contributed by atoms with E-state index >= 15 is 0 Å². The maximum absolute atomic E-state index is 11.5. The molecule has 0 spiro atoms. The van der Waals surface area contributed by atoms with E-state index in [-0.39, 0.29) is 4.45 Å². The lowest BCUT2D eigenvalue weighted by molar-refractivity contribution is -0.338. The number of aliphatic hydroxyl groups excluding tert-OH is 4. The number of hydrogen-bond acceptors (Lipinski definition) is 11. The van der Waals surface area contributed by atoms with Crippen molar-refractivity contribution in [2.24, 2.45) is 5.73 Å². The van der Waals surface area contributed by atoms with Gasteiger partial charge in [0.1, 0.15) is 17.8 Å². The van der Waals surface area contributed by atoms with E-state index in [4.69, 9.17) is 31.9 Å². The number of carboxylic acids is 1. The van der Waals surface area contributed by atoms with E-state index in [1.807, 2.05) is 6.92 Å². The number of ether oxygens (including phenoxy) is 2. The van der Waals surface area contributed by atoms with E-state index in [1.165, 1.54) is 11.8 Å². The Kier molecular flexibility index (Phi) is 12.2. The quantitative estimate of drug-likeness (QED) is 0.164. The Morgan fingerprint density at radius 2 is 1.97 bits per heavy atom. The van der Waals surface area contributed by atoms with E-state index in [2.05, 4.69) is 12.6 Å². The number of aliphatic carboxylic acids is 1. The van der Waals surface area contributed by atoms with Crippen LogP contribution in [-0.2, 0) is 19.1 Å². The summed E-state index contributed by atoms with van der Waals surface area (Å²) in [6, 6.07) is -1.48. The molecule has 0 aromatic carbocycles. The molecule has 14 heteroatoms. The van der Waals surface area contributed by atoms with Gasteiger partial charge in [-0.15, -0.1) is 0 Å². The number of nitrogens with two attached hydrogens (primary N) is 1. The van der Waals surface area contributed by atoms with Crippen molar-refractivity contribution in [1.82, 2.24) is 0 Å². The van der Waals surface area contributed by atoms with Crippen molar-refractivity contribution in [2.45, 2.75) is 55.5 Å². The zero-order valence-corrected chi connectivity index (χ0v) is 18.2. The zero-order valence-electron chi connectivity index (χ0n) is 15.7. The first-order chi connectivity index (χ1) is 13.3. The lowest BCUT2D eigenvalue weighted by atomic mass is 9.76. The number of halogens is 1. The standard InChI is InChI=1S/C12H20ClNO9.C3H6OS2/c1-22-12(10(20)21)2-5(16)8(14)11(23-12,3-7(13)18)9(19)6(17)4-15;1-2-6-3(4)5/h5-6,8-9,15-17,19H,2-4,14H2,1H3,(H,20,21);2H2,1H3,(H,4,5)/t5-,6+,8+,9+,11+,12-;/m0./s1. The van der Waals surface area contributed by atoms with E-state index in [9.17, 15) is 34.8 Å². The molecule has 11 nitrogen and oxygen atoms in total. The lowest BCUT2D eigenvalue weighted by Gasteiger charge is -2.52. The van der Waals surface area contributed by atoms with Crippen molar-refractivity contribution in [2.75, 3.05) is 19.5 Å². The molecule has 0 bridgehead atoms. The normalized spacial score (nSPS) is 31.2. The number of methoxy groups -OCH3 is 1. The van der Waals surface area contributed by atoms with Gasteiger partial charge in [-0.05, 0) is 17.4 Å². The zero-order chi connectivity index (χ0) is 23.0. The SMILES string of the molecule is CCSC(=O)S.CO[C@@]1(C(=O)O)C[C@H](O)[C@@H](N)[C@](CC(=O)Cl)([C@H](O)[C@H](O)CO)O1. The fraction of sp³-hybridized carbons (Fsp3) is 0.800. The number of hydrogen-bond donors (Lipinski definition) is 7. The van der Waals surface area contributed by atoms with Crippen molar-refractivity contribution < 1.29 is 49.4 Å². The van der Waals surface area contributed by atoms with Crippen molar-refractivity contribution in [1.29, 1.82) is 0 Å². The van der Waals surface area contributed by atoms with Crippen molar-refractivity contribution in [3.63, 3.8) is 0 Å². The summed E-state index contributed by atoms with van der Waals surface area (Å²) < 4.78 is 10.0. The van der Waals surface area contributed by atoms with Crippen LogP contribution in [0, 0.1) is 0 Å². The largest absolute Gasteiger partial charge is 0.477 e. The van der Waals surface area contributed by atoms with Gasteiger partial charge in [0, 0.05) is 13.5 Å². The number of carbonyl (C=O) groups is 3. The minimum atomic E-state index is -2.42. The molecule has 0 aliphatic carbocycles. The van der Waals surface area contributed by atoms with Crippen LogP contribution in [0.5, 0.6) is 0 Å². The van der Waals surface area contributed by atoms with Crippen LogP contribution in [-0.4, -0.2) is 96.4 Å². The third-order valence-corrected chi connectivity index (χ3v) is 5.26. The maximum atomic E-state index is 11.5. The first kappa shape index (κ1) is 28.5. The van der Waals surface area contributed by atoms with Crippen molar-refractivity contribution in [3.8, 4) is 0 Å². The van der Waals surface area contributed by atoms with E-state index in [1.54, 1.807) is 0 Å². The Hall–Kier alpha value is -0.480. The van der Waals surface area contributed by atoms with Gasteiger partial charge in [-0.2, -0.15) is 0 Å². The lowest BCUT2D eigenvalue weighted by Crippen LogP contribution is -2.74. The summed E-state index contributed by atoms with van der Waals surface area (Å²) in [5.74, 6) is -3.23. The number of carbonyl (C=O) groups excluding carboxylic acids is 2. The average Bonchev–Trinajstić information content (AvgIpc) is 2.63. The summed E-state index contributed by atoms with van der Waals surface area (Å²) in [6.07, 6.45) is -6.82. The van der Waals surface area contributed by atoms with E-state index in [0.717, 1.165) is 12.9 Å². The molecule has 1 aliphatic heterocycles. The van der Waals surface area contributed by atoms with Crippen LogP contribution in [0.1, 0.15) is 19.8 Å². The molecule has 0 unspecified atom stereocenters. The molecule has 0 amide bonds. The first-order valence-corrected chi connectivity index (χ1v) is 10.1. The average molecular weight is 480 g/mol. The molecular formula is C15H26ClNO10S2. The minimum Gasteiger partial charge on any atom is -0.477 e. The summed E-state index contributed by atoms with van der Waals surface area (Å²) >= 11 is 10.0. The predicted molar refractivity (Wildman–Crippen MR) is 107 cm³/mol. The third-order valence-electron chi connectivity index (χ3n) is 4.20. The summed E-state index contributed by atoms with van der Waals surface area (Å²) in [5, 5.41) is 47.3.